The van der Waals surface area contributed by atoms with Gasteiger partial charge >= 0.3 is 6.09 Å². The summed E-state index contributed by atoms with van der Waals surface area (Å²) in [6, 6.07) is 0. The Kier molecular flexibility index (Phi) is 2.07. The number of nitrogens with one attached hydrogen (secondary N) is 1. The van der Waals surface area contributed by atoms with Crippen LogP contribution >= 0.6 is 0 Å². The molecule has 0 heterocycles. The third kappa shape index (κ3) is 1.30. The van der Waals surface area contributed by atoms with E-state index in [9.17, 15) is 9.90 Å². The monoisotopic (exact) mass is 291 g/mol. The largest absolute Gasteiger partial charge is 0.444 e. The number of carbonyl (C=O) groups excluding carboxylic acids is 1. The van der Waals surface area contributed by atoms with Crippen LogP contribution in [0.5, 0.6) is 0 Å². The van der Waals surface area contributed by atoms with Gasteiger partial charge in [0, 0.05) is 0 Å². The first-order valence-corrected chi connectivity index (χ1v) is 8.50. The maximum Gasteiger partial charge on any atom is 0.407 e. The van der Waals surface area contributed by atoms with Gasteiger partial charge in [0.25, 0.3) is 0 Å². The number of aliphatic hydroxyl groups is 1. The Morgan fingerprint density at radius 3 is 2.52 bits per heavy atom. The number of hydrogen-bond donors (Lipinski definition) is 2. The summed E-state index contributed by atoms with van der Waals surface area (Å²) in [5, 5.41) is 14.2. The van der Waals surface area contributed by atoms with Crippen LogP contribution in [0.1, 0.15) is 33.6 Å². The molecule has 5 aliphatic rings. The topological polar surface area (TPSA) is 58.6 Å². The van der Waals surface area contributed by atoms with Crippen molar-refractivity contribution in [2.45, 2.75) is 44.8 Å². The smallest absolute Gasteiger partial charge is 0.407 e. The summed E-state index contributed by atoms with van der Waals surface area (Å²) in [4.78, 5) is 11.9. The van der Waals surface area contributed by atoms with Gasteiger partial charge in [-0.05, 0) is 81.0 Å². The van der Waals surface area contributed by atoms with E-state index in [0.29, 0.717) is 18.4 Å². The molecule has 2 N–H and O–H groups in total. The van der Waals surface area contributed by atoms with Gasteiger partial charge in [0.15, 0.2) is 0 Å². The zero-order valence-electron chi connectivity index (χ0n) is 13.0. The lowest BCUT2D eigenvalue weighted by atomic mass is 9.56. The quantitative estimate of drug-likeness (QED) is 0.818. The lowest BCUT2D eigenvalue weighted by molar-refractivity contribution is -0.127. The summed E-state index contributed by atoms with van der Waals surface area (Å²) in [5.41, 5.74) is -1.13. The summed E-state index contributed by atoms with van der Waals surface area (Å²) in [6.45, 7) is 5.98. The Bertz CT molecular complexity index is 521. The van der Waals surface area contributed by atoms with Crippen molar-refractivity contribution in [1.82, 2.24) is 5.32 Å². The van der Waals surface area contributed by atoms with Gasteiger partial charge in [-0.2, -0.15) is 0 Å². The molecule has 0 saturated heterocycles. The Morgan fingerprint density at radius 2 is 1.81 bits per heavy atom. The van der Waals surface area contributed by atoms with Crippen LogP contribution in [0.15, 0.2) is 0 Å². The predicted molar refractivity (Wildman–Crippen MR) is 76.3 cm³/mol. The van der Waals surface area contributed by atoms with E-state index in [-0.39, 0.29) is 0 Å². The molecule has 0 spiro atoms. The Balaban J connectivity index is 1.34. The van der Waals surface area contributed by atoms with Crippen LogP contribution in [0.2, 0.25) is 0 Å². The minimum absolute atomic E-state index is 0.386. The van der Waals surface area contributed by atoms with E-state index >= 15 is 0 Å². The number of amides is 1. The van der Waals surface area contributed by atoms with Gasteiger partial charge in [-0.15, -0.1) is 0 Å². The number of hydrogen-bond acceptors (Lipinski definition) is 3. The molecule has 0 aromatic carbocycles. The van der Waals surface area contributed by atoms with Crippen molar-refractivity contribution in [3.05, 3.63) is 0 Å². The molecule has 0 aromatic heterocycles. The van der Waals surface area contributed by atoms with E-state index in [0.717, 1.165) is 35.5 Å². The standard InChI is InChI=1S/C17H25NO3/c1-16(2,3)21-15(19)18-6-17(20)13-8-5-9-11-7(8)4-10(13)12(11)14(9)17/h7-14,20H,4-6H2,1-3H3,(H,18,19). The average Bonchev–Trinajstić information content (AvgIpc) is 2.83. The van der Waals surface area contributed by atoms with Crippen molar-refractivity contribution in [2.75, 3.05) is 6.54 Å². The van der Waals surface area contributed by atoms with Gasteiger partial charge in [-0.3, -0.25) is 0 Å². The number of rotatable bonds is 2. The summed E-state index contributed by atoms with van der Waals surface area (Å²) >= 11 is 0. The minimum atomic E-state index is -0.651. The molecule has 1 amide bonds. The van der Waals surface area contributed by atoms with Crippen LogP contribution in [0.3, 0.4) is 0 Å². The van der Waals surface area contributed by atoms with E-state index in [2.05, 4.69) is 5.32 Å². The summed E-state index contributed by atoms with van der Waals surface area (Å²) in [7, 11) is 0. The molecule has 5 fully saturated rings. The normalized spacial score (nSPS) is 57.7. The maximum absolute atomic E-state index is 11.9. The van der Waals surface area contributed by atoms with Crippen molar-refractivity contribution in [3.63, 3.8) is 0 Å². The van der Waals surface area contributed by atoms with Crippen LogP contribution in [0.25, 0.3) is 0 Å². The van der Waals surface area contributed by atoms with Crippen LogP contribution in [0.4, 0.5) is 4.79 Å². The van der Waals surface area contributed by atoms with E-state index in [4.69, 9.17) is 4.74 Å². The number of fused-ring (bicyclic) bond motifs is 2. The second-order valence-electron chi connectivity index (χ2n) is 9.18. The van der Waals surface area contributed by atoms with E-state index < -0.39 is 17.3 Å². The van der Waals surface area contributed by atoms with E-state index in [1.807, 2.05) is 20.8 Å². The Hall–Kier alpha value is -0.770. The Labute approximate surface area is 125 Å². The highest BCUT2D eigenvalue weighted by Crippen LogP contribution is 2.85. The summed E-state index contributed by atoms with van der Waals surface area (Å²) in [6.07, 6.45) is 2.31. The van der Waals surface area contributed by atoms with Crippen LogP contribution in [0, 0.1) is 47.3 Å². The summed E-state index contributed by atoms with van der Waals surface area (Å²) in [5.74, 6) is 5.75. The lowest BCUT2D eigenvalue weighted by Gasteiger charge is -2.51. The van der Waals surface area contributed by atoms with Crippen molar-refractivity contribution < 1.29 is 14.6 Å². The molecule has 0 aliphatic heterocycles. The number of alkyl carbamates (subject to hydrolysis) is 1. The second-order valence-corrected chi connectivity index (χ2v) is 9.18. The third-order valence-electron chi connectivity index (χ3n) is 7.43. The predicted octanol–water partition coefficient (Wildman–Crippen LogP) is 2.02. The average molecular weight is 291 g/mol. The van der Waals surface area contributed by atoms with Gasteiger partial charge in [-0.1, -0.05) is 0 Å². The zero-order chi connectivity index (χ0) is 14.7. The summed E-state index contributed by atoms with van der Waals surface area (Å²) < 4.78 is 5.32. The lowest BCUT2D eigenvalue weighted by Crippen LogP contribution is -2.59. The Morgan fingerprint density at radius 1 is 1.14 bits per heavy atom. The fourth-order valence-corrected chi connectivity index (χ4v) is 7.49. The van der Waals surface area contributed by atoms with Gasteiger partial charge in [0.2, 0.25) is 0 Å². The molecular weight excluding hydrogens is 266 g/mol. The maximum atomic E-state index is 11.9. The molecule has 9 unspecified atom stereocenters. The molecule has 5 rings (SSSR count). The molecule has 21 heavy (non-hydrogen) atoms. The SMILES string of the molecule is CC(C)(C)OC(=O)NCC1(O)C2C3CC4C5C3CC2C5C41. The highest BCUT2D eigenvalue weighted by atomic mass is 16.6. The highest BCUT2D eigenvalue weighted by molar-refractivity contribution is 5.67. The van der Waals surface area contributed by atoms with Crippen molar-refractivity contribution in [3.8, 4) is 0 Å². The van der Waals surface area contributed by atoms with Gasteiger partial charge in [-0.25, -0.2) is 4.79 Å². The van der Waals surface area contributed by atoms with Crippen LogP contribution in [-0.4, -0.2) is 28.9 Å². The molecule has 4 heteroatoms. The third-order valence-corrected chi connectivity index (χ3v) is 7.43. The molecule has 9 atom stereocenters. The first kappa shape index (κ1) is 12.7. The molecular formula is C17H25NO3. The number of carbonyl (C=O) groups is 1. The molecule has 4 nitrogen and oxygen atoms in total. The first-order valence-electron chi connectivity index (χ1n) is 8.50. The molecule has 0 aromatic rings. The van der Waals surface area contributed by atoms with Crippen molar-refractivity contribution >= 4 is 6.09 Å². The molecule has 5 aliphatic carbocycles. The minimum Gasteiger partial charge on any atom is -0.444 e. The van der Waals surface area contributed by atoms with E-state index in [1.165, 1.54) is 12.8 Å². The highest BCUT2D eigenvalue weighted by Gasteiger charge is 2.84. The zero-order valence-corrected chi connectivity index (χ0v) is 13.0. The van der Waals surface area contributed by atoms with E-state index in [1.54, 1.807) is 0 Å². The second kappa shape index (κ2) is 3.42. The van der Waals surface area contributed by atoms with Crippen LogP contribution < -0.4 is 5.32 Å². The van der Waals surface area contributed by atoms with Gasteiger partial charge < -0.3 is 15.2 Å². The molecule has 0 radical (unpaired) electrons. The van der Waals surface area contributed by atoms with Crippen molar-refractivity contribution in [2.24, 2.45) is 47.3 Å². The van der Waals surface area contributed by atoms with Crippen LogP contribution in [-0.2, 0) is 4.74 Å². The first-order chi connectivity index (χ1) is 9.81. The molecule has 116 valence electrons. The fourth-order valence-electron chi connectivity index (χ4n) is 7.49. The number of ether oxygens (including phenoxy) is 1. The molecule has 5 saturated carbocycles. The fraction of sp³-hybridized carbons (Fsp3) is 0.941. The molecule has 2 bridgehead atoms. The van der Waals surface area contributed by atoms with Gasteiger partial charge in [0.1, 0.15) is 5.60 Å². The van der Waals surface area contributed by atoms with Gasteiger partial charge in [0.05, 0.1) is 12.1 Å². The van der Waals surface area contributed by atoms with Crippen molar-refractivity contribution in [1.29, 1.82) is 0 Å².